The van der Waals surface area contributed by atoms with Gasteiger partial charge in [-0.05, 0) is 41.5 Å². The van der Waals surface area contributed by atoms with Gasteiger partial charge in [-0.25, -0.2) is 4.39 Å². The van der Waals surface area contributed by atoms with Gasteiger partial charge in [-0.15, -0.1) is 0 Å². The summed E-state index contributed by atoms with van der Waals surface area (Å²) in [6.45, 7) is -0.0933. The molecular formula is C15H13BrFNO2. The second-order valence-electron chi connectivity index (χ2n) is 4.32. The summed E-state index contributed by atoms with van der Waals surface area (Å²) in [5, 5.41) is 11.7. The number of hydrogen-bond donors (Lipinski definition) is 2. The van der Waals surface area contributed by atoms with Crippen molar-refractivity contribution in [3.8, 4) is 0 Å². The van der Waals surface area contributed by atoms with Crippen molar-refractivity contribution in [2.75, 3.05) is 5.32 Å². The molecule has 0 unspecified atom stereocenters. The minimum Gasteiger partial charge on any atom is -0.392 e. The molecule has 0 aliphatic rings. The van der Waals surface area contributed by atoms with Crippen molar-refractivity contribution in [3.05, 3.63) is 63.9 Å². The second kappa shape index (κ2) is 6.63. The maximum absolute atomic E-state index is 13.6. The van der Waals surface area contributed by atoms with Crippen molar-refractivity contribution < 1.29 is 14.3 Å². The highest BCUT2D eigenvalue weighted by molar-refractivity contribution is 9.10. The van der Waals surface area contributed by atoms with Crippen LogP contribution in [-0.2, 0) is 17.8 Å². The van der Waals surface area contributed by atoms with Crippen LogP contribution in [0.1, 0.15) is 11.1 Å². The van der Waals surface area contributed by atoms with E-state index in [2.05, 4.69) is 21.2 Å². The van der Waals surface area contributed by atoms with Crippen molar-refractivity contribution in [1.82, 2.24) is 0 Å². The molecule has 20 heavy (non-hydrogen) atoms. The van der Waals surface area contributed by atoms with Crippen LogP contribution in [0.15, 0.2) is 46.9 Å². The van der Waals surface area contributed by atoms with Crippen LogP contribution in [0.4, 0.5) is 10.1 Å². The summed E-state index contributed by atoms with van der Waals surface area (Å²) in [5.74, 6) is -0.718. The number of carbonyl (C=O) groups is 1. The summed E-state index contributed by atoms with van der Waals surface area (Å²) in [7, 11) is 0. The zero-order chi connectivity index (χ0) is 14.5. The van der Waals surface area contributed by atoms with Crippen LogP contribution in [0.2, 0.25) is 0 Å². The number of rotatable bonds is 4. The zero-order valence-electron chi connectivity index (χ0n) is 10.6. The van der Waals surface area contributed by atoms with Crippen LogP contribution < -0.4 is 5.32 Å². The summed E-state index contributed by atoms with van der Waals surface area (Å²) in [6, 6.07) is 11.4. The van der Waals surface area contributed by atoms with Crippen molar-refractivity contribution in [2.24, 2.45) is 0 Å². The molecule has 0 aromatic heterocycles. The molecule has 0 radical (unpaired) electrons. The highest BCUT2D eigenvalue weighted by atomic mass is 79.9. The van der Waals surface area contributed by atoms with Crippen LogP contribution in [-0.4, -0.2) is 11.0 Å². The Balaban J connectivity index is 2.07. The maximum Gasteiger partial charge on any atom is 0.228 e. The van der Waals surface area contributed by atoms with E-state index < -0.39 is 5.82 Å². The number of aliphatic hydroxyl groups is 1. The Hall–Kier alpha value is -1.72. The van der Waals surface area contributed by atoms with E-state index in [-0.39, 0.29) is 18.9 Å². The molecule has 0 fully saturated rings. The summed E-state index contributed by atoms with van der Waals surface area (Å²) in [6.07, 6.45) is -0.0470. The number of hydrogen-bond acceptors (Lipinski definition) is 2. The maximum atomic E-state index is 13.6. The molecule has 2 N–H and O–H groups in total. The molecule has 2 aromatic carbocycles. The fraction of sp³-hybridized carbons (Fsp3) is 0.133. The van der Waals surface area contributed by atoms with Gasteiger partial charge >= 0.3 is 0 Å². The van der Waals surface area contributed by atoms with E-state index in [0.29, 0.717) is 16.8 Å². The van der Waals surface area contributed by atoms with E-state index >= 15 is 0 Å². The molecule has 0 heterocycles. The number of carbonyl (C=O) groups excluding carboxylic acids is 1. The molecule has 0 aliphatic heterocycles. The van der Waals surface area contributed by atoms with E-state index in [1.807, 2.05) is 0 Å². The summed E-state index contributed by atoms with van der Waals surface area (Å²) >= 11 is 3.25. The summed E-state index contributed by atoms with van der Waals surface area (Å²) in [4.78, 5) is 11.9. The van der Waals surface area contributed by atoms with Gasteiger partial charge in [-0.2, -0.15) is 0 Å². The molecule has 0 saturated carbocycles. The number of nitrogens with one attached hydrogen (secondary N) is 1. The number of halogens is 2. The molecule has 0 bridgehead atoms. The standard InChI is InChI=1S/C15H13BrFNO2/c16-12-4-5-14(17)11(7-12)8-15(20)18-13-3-1-2-10(6-13)9-19/h1-7,19H,8-9H2,(H,18,20). The third kappa shape index (κ3) is 3.88. The molecule has 2 rings (SSSR count). The number of amides is 1. The normalized spacial score (nSPS) is 10.3. The third-order valence-corrected chi connectivity index (χ3v) is 3.25. The fourth-order valence-corrected chi connectivity index (χ4v) is 2.21. The minimum absolute atomic E-state index is 0.0470. The largest absolute Gasteiger partial charge is 0.392 e. The predicted molar refractivity (Wildman–Crippen MR) is 78.8 cm³/mol. The molecule has 104 valence electrons. The van der Waals surface area contributed by atoms with Crippen LogP contribution >= 0.6 is 15.9 Å². The van der Waals surface area contributed by atoms with E-state index in [1.54, 1.807) is 36.4 Å². The Morgan fingerprint density at radius 3 is 2.80 bits per heavy atom. The number of anilines is 1. The lowest BCUT2D eigenvalue weighted by Crippen LogP contribution is -2.15. The van der Waals surface area contributed by atoms with E-state index in [1.165, 1.54) is 6.07 Å². The van der Waals surface area contributed by atoms with Crippen LogP contribution in [0, 0.1) is 5.82 Å². The van der Waals surface area contributed by atoms with Gasteiger partial charge in [-0.3, -0.25) is 4.79 Å². The molecule has 0 atom stereocenters. The quantitative estimate of drug-likeness (QED) is 0.899. The van der Waals surface area contributed by atoms with Crippen LogP contribution in [0.5, 0.6) is 0 Å². The first-order chi connectivity index (χ1) is 9.58. The van der Waals surface area contributed by atoms with E-state index in [0.717, 1.165) is 4.47 Å². The summed E-state index contributed by atoms with van der Waals surface area (Å²) < 4.78 is 14.3. The molecular weight excluding hydrogens is 325 g/mol. The first-order valence-corrected chi connectivity index (χ1v) is 6.81. The number of benzene rings is 2. The molecule has 0 saturated heterocycles. The Morgan fingerprint density at radius 1 is 1.25 bits per heavy atom. The predicted octanol–water partition coefficient (Wildman–Crippen LogP) is 3.26. The lowest BCUT2D eigenvalue weighted by Gasteiger charge is -2.07. The lowest BCUT2D eigenvalue weighted by molar-refractivity contribution is -0.115. The zero-order valence-corrected chi connectivity index (χ0v) is 12.2. The van der Waals surface area contributed by atoms with Crippen molar-refractivity contribution in [3.63, 3.8) is 0 Å². The molecule has 0 spiro atoms. The van der Waals surface area contributed by atoms with E-state index in [4.69, 9.17) is 5.11 Å². The van der Waals surface area contributed by atoms with Gasteiger partial charge in [-0.1, -0.05) is 28.1 Å². The van der Waals surface area contributed by atoms with E-state index in [9.17, 15) is 9.18 Å². The van der Waals surface area contributed by atoms with Gasteiger partial charge in [0.15, 0.2) is 0 Å². The second-order valence-corrected chi connectivity index (χ2v) is 5.23. The monoisotopic (exact) mass is 337 g/mol. The van der Waals surface area contributed by atoms with Gasteiger partial charge in [0.05, 0.1) is 13.0 Å². The van der Waals surface area contributed by atoms with Crippen LogP contribution in [0.3, 0.4) is 0 Å². The topological polar surface area (TPSA) is 49.3 Å². The van der Waals surface area contributed by atoms with Gasteiger partial charge < -0.3 is 10.4 Å². The highest BCUT2D eigenvalue weighted by Crippen LogP contribution is 2.17. The van der Waals surface area contributed by atoms with Gasteiger partial charge in [0.2, 0.25) is 5.91 Å². The molecule has 0 aliphatic carbocycles. The Morgan fingerprint density at radius 2 is 2.05 bits per heavy atom. The first kappa shape index (κ1) is 14.7. The lowest BCUT2D eigenvalue weighted by atomic mass is 10.1. The average Bonchev–Trinajstić information content (AvgIpc) is 2.43. The molecule has 2 aromatic rings. The SMILES string of the molecule is O=C(Cc1cc(Br)ccc1F)Nc1cccc(CO)c1. The summed E-state index contributed by atoms with van der Waals surface area (Å²) in [5.41, 5.74) is 1.61. The minimum atomic E-state index is -0.410. The smallest absolute Gasteiger partial charge is 0.228 e. The molecule has 3 nitrogen and oxygen atoms in total. The molecule has 5 heteroatoms. The first-order valence-electron chi connectivity index (χ1n) is 6.02. The van der Waals surface area contributed by atoms with Crippen molar-refractivity contribution in [1.29, 1.82) is 0 Å². The third-order valence-electron chi connectivity index (χ3n) is 2.75. The van der Waals surface area contributed by atoms with Gasteiger partial charge in [0.1, 0.15) is 5.82 Å². The van der Waals surface area contributed by atoms with Crippen LogP contribution in [0.25, 0.3) is 0 Å². The van der Waals surface area contributed by atoms with Gasteiger partial charge in [0.25, 0.3) is 0 Å². The van der Waals surface area contributed by atoms with Crippen molar-refractivity contribution >= 4 is 27.5 Å². The molecule has 1 amide bonds. The highest BCUT2D eigenvalue weighted by Gasteiger charge is 2.09. The van der Waals surface area contributed by atoms with Crippen molar-refractivity contribution in [2.45, 2.75) is 13.0 Å². The Kier molecular flexibility index (Phi) is 4.87. The Bertz CT molecular complexity index is 631. The van der Waals surface area contributed by atoms with Gasteiger partial charge in [0, 0.05) is 10.2 Å². The Labute approximate surface area is 124 Å². The average molecular weight is 338 g/mol. The fourth-order valence-electron chi connectivity index (χ4n) is 1.80. The number of aliphatic hydroxyl groups excluding tert-OH is 1.